The average molecular weight is 357 g/mol. The lowest BCUT2D eigenvalue weighted by atomic mass is 10.0. The maximum Gasteiger partial charge on any atom is 0.227 e. The first-order chi connectivity index (χ1) is 12.6. The van der Waals surface area contributed by atoms with Crippen LogP contribution >= 0.6 is 0 Å². The molecule has 6 heteroatoms. The number of carbonyl (C=O) groups is 3. The van der Waals surface area contributed by atoms with Crippen LogP contribution in [-0.4, -0.2) is 36.9 Å². The van der Waals surface area contributed by atoms with E-state index in [1.807, 2.05) is 12.1 Å². The predicted octanol–water partition coefficient (Wildman–Crippen LogP) is 1.78. The van der Waals surface area contributed by atoms with Crippen LogP contribution in [0.3, 0.4) is 0 Å². The van der Waals surface area contributed by atoms with Crippen molar-refractivity contribution in [2.24, 2.45) is 5.92 Å². The molecule has 2 saturated heterocycles. The van der Waals surface area contributed by atoms with Gasteiger partial charge in [0.2, 0.25) is 17.7 Å². The van der Waals surface area contributed by atoms with E-state index in [1.165, 1.54) is 5.56 Å². The summed E-state index contributed by atoms with van der Waals surface area (Å²) in [5.41, 5.74) is 2.13. The van der Waals surface area contributed by atoms with Crippen LogP contribution in [0, 0.1) is 5.92 Å². The van der Waals surface area contributed by atoms with Gasteiger partial charge in [0.15, 0.2) is 0 Å². The lowest BCUT2D eigenvalue weighted by molar-refractivity contribution is -0.128. The first-order valence-electron chi connectivity index (χ1n) is 9.53. The number of hydrogen-bond acceptors (Lipinski definition) is 3. The third kappa shape index (κ3) is 4.42. The summed E-state index contributed by atoms with van der Waals surface area (Å²) in [7, 11) is 0. The highest BCUT2D eigenvalue weighted by molar-refractivity contribution is 6.00. The first-order valence-corrected chi connectivity index (χ1v) is 9.53. The molecule has 2 aliphatic heterocycles. The van der Waals surface area contributed by atoms with Gasteiger partial charge in [-0.1, -0.05) is 25.5 Å². The SMILES string of the molecule is CCCCc1ccc(N2CC(C(=O)NC3CCC(=O)NC3)CC2=O)cc1. The second kappa shape index (κ2) is 8.34. The van der Waals surface area contributed by atoms with E-state index in [2.05, 4.69) is 29.7 Å². The van der Waals surface area contributed by atoms with Crippen molar-refractivity contribution in [3.63, 3.8) is 0 Å². The Balaban J connectivity index is 1.56. The van der Waals surface area contributed by atoms with Crippen LogP contribution in [0.5, 0.6) is 0 Å². The minimum atomic E-state index is -0.333. The number of rotatable bonds is 6. The van der Waals surface area contributed by atoms with Crippen molar-refractivity contribution in [3.05, 3.63) is 29.8 Å². The number of nitrogens with zero attached hydrogens (tertiary/aromatic N) is 1. The fourth-order valence-corrected chi connectivity index (χ4v) is 3.53. The molecule has 0 saturated carbocycles. The zero-order valence-electron chi connectivity index (χ0n) is 15.3. The van der Waals surface area contributed by atoms with Gasteiger partial charge in [-0.2, -0.15) is 0 Å². The molecule has 0 aromatic heterocycles. The molecule has 2 heterocycles. The highest BCUT2D eigenvalue weighted by atomic mass is 16.2. The van der Waals surface area contributed by atoms with E-state index in [9.17, 15) is 14.4 Å². The molecular weight excluding hydrogens is 330 g/mol. The molecule has 2 unspecified atom stereocenters. The van der Waals surface area contributed by atoms with Crippen LogP contribution in [0.15, 0.2) is 24.3 Å². The molecule has 0 aliphatic carbocycles. The Bertz CT molecular complexity index is 661. The van der Waals surface area contributed by atoms with Crippen molar-refractivity contribution in [3.8, 4) is 0 Å². The van der Waals surface area contributed by atoms with Crippen LogP contribution in [0.25, 0.3) is 0 Å². The van der Waals surface area contributed by atoms with E-state index >= 15 is 0 Å². The standard InChI is InChI=1S/C20H27N3O3/c1-2-3-4-14-5-8-17(9-6-14)23-13-15(11-19(23)25)20(26)22-16-7-10-18(24)21-12-16/h5-6,8-9,15-16H,2-4,7,10-13H2,1H3,(H,21,24)(H,22,26). The summed E-state index contributed by atoms with van der Waals surface area (Å²) in [5.74, 6) is -0.412. The first kappa shape index (κ1) is 18.4. The van der Waals surface area contributed by atoms with Gasteiger partial charge in [-0.15, -0.1) is 0 Å². The van der Waals surface area contributed by atoms with Crippen LogP contribution in [-0.2, 0) is 20.8 Å². The number of piperidine rings is 1. The molecule has 26 heavy (non-hydrogen) atoms. The van der Waals surface area contributed by atoms with Gasteiger partial charge in [-0.05, 0) is 37.0 Å². The lowest BCUT2D eigenvalue weighted by Crippen LogP contribution is -2.49. The van der Waals surface area contributed by atoms with Gasteiger partial charge < -0.3 is 15.5 Å². The Labute approximate surface area is 154 Å². The Morgan fingerprint density at radius 2 is 2.04 bits per heavy atom. The summed E-state index contributed by atoms with van der Waals surface area (Å²) in [6, 6.07) is 8.04. The number of hydrogen-bond donors (Lipinski definition) is 2. The van der Waals surface area contributed by atoms with Crippen molar-refractivity contribution >= 4 is 23.4 Å². The van der Waals surface area contributed by atoms with Crippen molar-refractivity contribution in [1.82, 2.24) is 10.6 Å². The van der Waals surface area contributed by atoms with Crippen molar-refractivity contribution < 1.29 is 14.4 Å². The van der Waals surface area contributed by atoms with E-state index in [1.54, 1.807) is 4.90 Å². The summed E-state index contributed by atoms with van der Waals surface area (Å²) in [5, 5.41) is 5.73. The summed E-state index contributed by atoms with van der Waals surface area (Å²) in [6.07, 6.45) is 4.70. The zero-order chi connectivity index (χ0) is 18.5. The number of unbranched alkanes of at least 4 members (excludes halogenated alkanes) is 1. The van der Waals surface area contributed by atoms with Crippen LogP contribution in [0.1, 0.15) is 44.6 Å². The predicted molar refractivity (Wildman–Crippen MR) is 99.7 cm³/mol. The summed E-state index contributed by atoms with van der Waals surface area (Å²) >= 11 is 0. The van der Waals surface area contributed by atoms with E-state index in [0.717, 1.165) is 24.9 Å². The number of aryl methyl sites for hydroxylation is 1. The number of carbonyl (C=O) groups excluding carboxylic acids is 3. The number of amides is 3. The largest absolute Gasteiger partial charge is 0.354 e. The smallest absolute Gasteiger partial charge is 0.227 e. The molecule has 6 nitrogen and oxygen atoms in total. The maximum atomic E-state index is 12.5. The fourth-order valence-electron chi connectivity index (χ4n) is 3.53. The molecule has 1 aromatic rings. The molecule has 2 fully saturated rings. The molecule has 140 valence electrons. The van der Waals surface area contributed by atoms with Gasteiger partial charge in [0.1, 0.15) is 0 Å². The summed E-state index contributed by atoms with van der Waals surface area (Å²) < 4.78 is 0. The lowest BCUT2D eigenvalue weighted by Gasteiger charge is -2.24. The molecule has 2 N–H and O–H groups in total. The second-order valence-electron chi connectivity index (χ2n) is 7.22. The minimum Gasteiger partial charge on any atom is -0.354 e. The van der Waals surface area contributed by atoms with E-state index < -0.39 is 0 Å². The van der Waals surface area contributed by atoms with E-state index in [-0.39, 0.29) is 36.1 Å². The number of anilines is 1. The monoisotopic (exact) mass is 357 g/mol. The Hall–Kier alpha value is -2.37. The Kier molecular flexibility index (Phi) is 5.91. The maximum absolute atomic E-state index is 12.5. The van der Waals surface area contributed by atoms with Gasteiger partial charge in [0.25, 0.3) is 0 Å². The van der Waals surface area contributed by atoms with Gasteiger partial charge in [0.05, 0.1) is 5.92 Å². The highest BCUT2D eigenvalue weighted by Crippen LogP contribution is 2.26. The molecular formula is C20H27N3O3. The Morgan fingerprint density at radius 3 is 2.69 bits per heavy atom. The third-order valence-corrected chi connectivity index (χ3v) is 5.17. The quantitative estimate of drug-likeness (QED) is 0.814. The van der Waals surface area contributed by atoms with Gasteiger partial charge in [-0.25, -0.2) is 0 Å². The van der Waals surface area contributed by atoms with Crippen molar-refractivity contribution in [2.75, 3.05) is 18.0 Å². The topological polar surface area (TPSA) is 78.5 Å². The summed E-state index contributed by atoms with van der Waals surface area (Å²) in [4.78, 5) is 37.8. The minimum absolute atomic E-state index is 0.0107. The molecule has 0 bridgehead atoms. The normalized spacial score (nSPS) is 23.0. The second-order valence-corrected chi connectivity index (χ2v) is 7.22. The molecule has 2 atom stereocenters. The molecule has 2 aliphatic rings. The van der Waals surface area contributed by atoms with Crippen LogP contribution in [0.2, 0.25) is 0 Å². The van der Waals surface area contributed by atoms with E-state index in [4.69, 9.17) is 0 Å². The number of nitrogens with one attached hydrogen (secondary N) is 2. The van der Waals surface area contributed by atoms with Gasteiger partial charge in [0, 0.05) is 37.7 Å². The van der Waals surface area contributed by atoms with Crippen LogP contribution < -0.4 is 15.5 Å². The Morgan fingerprint density at radius 1 is 1.27 bits per heavy atom. The molecule has 3 amide bonds. The van der Waals surface area contributed by atoms with Crippen LogP contribution in [0.4, 0.5) is 5.69 Å². The van der Waals surface area contributed by atoms with Gasteiger partial charge in [-0.3, -0.25) is 14.4 Å². The molecule has 0 radical (unpaired) electrons. The molecule has 1 aromatic carbocycles. The zero-order valence-corrected chi connectivity index (χ0v) is 15.3. The molecule has 0 spiro atoms. The van der Waals surface area contributed by atoms with Crippen molar-refractivity contribution in [2.45, 2.75) is 51.5 Å². The fraction of sp³-hybridized carbons (Fsp3) is 0.550. The van der Waals surface area contributed by atoms with Crippen molar-refractivity contribution in [1.29, 1.82) is 0 Å². The number of benzene rings is 1. The van der Waals surface area contributed by atoms with Gasteiger partial charge >= 0.3 is 0 Å². The van der Waals surface area contributed by atoms with E-state index in [0.29, 0.717) is 25.9 Å². The molecule has 3 rings (SSSR count). The summed E-state index contributed by atoms with van der Waals surface area (Å²) in [6.45, 7) is 3.05. The average Bonchev–Trinajstić information content (AvgIpc) is 3.04. The third-order valence-electron chi connectivity index (χ3n) is 5.17. The highest BCUT2D eigenvalue weighted by Gasteiger charge is 2.36.